The molecule has 0 radical (unpaired) electrons. The van der Waals surface area contributed by atoms with Crippen molar-refractivity contribution in [3.8, 4) is 0 Å². The molecule has 0 spiro atoms. The van der Waals surface area contributed by atoms with Crippen molar-refractivity contribution in [3.63, 3.8) is 0 Å². The van der Waals surface area contributed by atoms with E-state index in [0.29, 0.717) is 5.88 Å². The van der Waals surface area contributed by atoms with Gasteiger partial charge >= 0.3 is 0 Å². The van der Waals surface area contributed by atoms with E-state index in [9.17, 15) is 0 Å². The van der Waals surface area contributed by atoms with Crippen LogP contribution in [0.25, 0.3) is 0 Å². The highest BCUT2D eigenvalue weighted by Crippen LogP contribution is 2.29. The maximum Gasteiger partial charge on any atom is 0.0430 e. The minimum Gasteiger partial charge on any atom is -0.122 e. The quantitative estimate of drug-likeness (QED) is 0.448. The van der Waals surface area contributed by atoms with Gasteiger partial charge in [0.05, 0.1) is 0 Å². The predicted octanol–water partition coefficient (Wildman–Crippen LogP) is 3.75. The van der Waals surface area contributed by atoms with E-state index in [4.69, 9.17) is 11.6 Å². The molecule has 1 aliphatic carbocycles. The summed E-state index contributed by atoms with van der Waals surface area (Å²) in [7, 11) is 0. The number of hydrogen-bond donors (Lipinski definition) is 0. The van der Waals surface area contributed by atoms with E-state index in [1.165, 1.54) is 37.7 Å². The highest BCUT2D eigenvalue weighted by molar-refractivity contribution is 6.19. The van der Waals surface area contributed by atoms with Crippen LogP contribution < -0.4 is 0 Å². The second kappa shape index (κ2) is 4.82. The molecular formula is C10H17Cl. The summed E-state index contributed by atoms with van der Waals surface area (Å²) in [5.41, 5.74) is 1.21. The van der Waals surface area contributed by atoms with Gasteiger partial charge in [0, 0.05) is 5.88 Å². The number of alkyl halides is 1. The Morgan fingerprint density at radius 1 is 1.36 bits per heavy atom. The molecule has 0 saturated heterocycles. The van der Waals surface area contributed by atoms with Crippen molar-refractivity contribution < 1.29 is 0 Å². The molecule has 1 saturated carbocycles. The van der Waals surface area contributed by atoms with Crippen molar-refractivity contribution in [2.75, 3.05) is 5.88 Å². The normalized spacial score (nSPS) is 19.0. The first-order valence-corrected chi connectivity index (χ1v) is 5.09. The fraction of sp³-hybridized carbons (Fsp3) is 0.800. The highest BCUT2D eigenvalue weighted by atomic mass is 35.5. The number of hydrogen-bond acceptors (Lipinski definition) is 0. The van der Waals surface area contributed by atoms with E-state index in [1.54, 1.807) is 0 Å². The summed E-state index contributed by atoms with van der Waals surface area (Å²) in [6, 6.07) is 0. The second-order valence-corrected chi connectivity index (χ2v) is 3.84. The largest absolute Gasteiger partial charge is 0.122 e. The van der Waals surface area contributed by atoms with Gasteiger partial charge in [0.2, 0.25) is 0 Å². The molecule has 1 heteroatoms. The lowest BCUT2D eigenvalue weighted by molar-refractivity contribution is 0.503. The molecule has 0 aromatic rings. The first-order chi connectivity index (χ1) is 5.33. The summed E-state index contributed by atoms with van der Waals surface area (Å²) in [6.07, 6.45) is 8.24. The Morgan fingerprint density at radius 2 is 2.00 bits per heavy atom. The van der Waals surface area contributed by atoms with Crippen LogP contribution in [0.2, 0.25) is 0 Å². The van der Waals surface area contributed by atoms with Gasteiger partial charge in [-0.1, -0.05) is 37.8 Å². The minimum absolute atomic E-state index is 0.646. The van der Waals surface area contributed by atoms with Crippen LogP contribution in [0.15, 0.2) is 12.2 Å². The molecule has 0 heterocycles. The van der Waals surface area contributed by atoms with Crippen LogP contribution in [-0.2, 0) is 0 Å². The third-order valence-electron chi connectivity index (χ3n) is 2.57. The molecule has 0 nitrogen and oxygen atoms in total. The first kappa shape index (κ1) is 9.12. The molecule has 1 fully saturated rings. The maximum atomic E-state index is 5.64. The van der Waals surface area contributed by atoms with E-state index in [0.717, 1.165) is 12.3 Å². The Labute approximate surface area is 74.6 Å². The van der Waals surface area contributed by atoms with Gasteiger partial charge in [-0.25, -0.2) is 0 Å². The van der Waals surface area contributed by atoms with Gasteiger partial charge in [0.25, 0.3) is 0 Å². The van der Waals surface area contributed by atoms with Crippen LogP contribution in [0.1, 0.15) is 38.5 Å². The van der Waals surface area contributed by atoms with Crippen LogP contribution in [0.4, 0.5) is 0 Å². The molecule has 64 valence electrons. The number of halogens is 1. The van der Waals surface area contributed by atoms with Gasteiger partial charge < -0.3 is 0 Å². The topological polar surface area (TPSA) is 0 Å². The van der Waals surface area contributed by atoms with Gasteiger partial charge in [-0.15, -0.1) is 11.6 Å². The lowest BCUT2D eigenvalue weighted by atomic mass is 9.99. The van der Waals surface area contributed by atoms with Crippen LogP contribution in [-0.4, -0.2) is 5.88 Å². The Morgan fingerprint density at radius 3 is 2.55 bits per heavy atom. The van der Waals surface area contributed by atoms with Gasteiger partial charge in [0.15, 0.2) is 0 Å². The molecule has 0 amide bonds. The molecule has 11 heavy (non-hydrogen) atoms. The molecule has 0 N–H and O–H groups in total. The highest BCUT2D eigenvalue weighted by Gasteiger charge is 2.14. The van der Waals surface area contributed by atoms with Gasteiger partial charge in [-0.3, -0.25) is 0 Å². The minimum atomic E-state index is 0.646. The Hall–Kier alpha value is 0.0300. The van der Waals surface area contributed by atoms with E-state index < -0.39 is 0 Å². The van der Waals surface area contributed by atoms with E-state index >= 15 is 0 Å². The third-order valence-corrected chi connectivity index (χ3v) is 2.95. The molecular weight excluding hydrogens is 156 g/mol. The van der Waals surface area contributed by atoms with Crippen LogP contribution in [0, 0.1) is 5.92 Å². The zero-order chi connectivity index (χ0) is 8.10. The fourth-order valence-corrected chi connectivity index (χ4v) is 1.91. The molecule has 0 aromatic heterocycles. The Bertz CT molecular complexity index is 123. The van der Waals surface area contributed by atoms with Gasteiger partial charge in [-0.05, 0) is 18.8 Å². The number of allylic oxidation sites excluding steroid dienone is 1. The van der Waals surface area contributed by atoms with Crippen molar-refractivity contribution in [3.05, 3.63) is 12.2 Å². The zero-order valence-electron chi connectivity index (χ0n) is 7.11. The molecule has 0 atom stereocenters. The maximum absolute atomic E-state index is 5.64. The van der Waals surface area contributed by atoms with Crippen LogP contribution in [0.3, 0.4) is 0 Å². The summed E-state index contributed by atoms with van der Waals surface area (Å²) in [6.45, 7) is 3.90. The third kappa shape index (κ3) is 3.29. The smallest absolute Gasteiger partial charge is 0.0430 e. The van der Waals surface area contributed by atoms with E-state index in [2.05, 4.69) is 6.58 Å². The lowest BCUT2D eigenvalue weighted by Crippen LogP contribution is -1.94. The summed E-state index contributed by atoms with van der Waals surface area (Å²) in [4.78, 5) is 0. The van der Waals surface area contributed by atoms with Crippen molar-refractivity contribution in [1.29, 1.82) is 0 Å². The summed E-state index contributed by atoms with van der Waals surface area (Å²) < 4.78 is 0. The summed E-state index contributed by atoms with van der Waals surface area (Å²) >= 11 is 5.64. The number of rotatable bonds is 4. The SMILES string of the molecule is C=C(CCl)CCC1CCCC1. The summed E-state index contributed by atoms with van der Waals surface area (Å²) in [5.74, 6) is 1.63. The monoisotopic (exact) mass is 172 g/mol. The average Bonchev–Trinajstić information content (AvgIpc) is 2.52. The molecule has 0 aliphatic heterocycles. The van der Waals surface area contributed by atoms with Crippen LogP contribution >= 0.6 is 11.6 Å². The van der Waals surface area contributed by atoms with Crippen LogP contribution in [0.5, 0.6) is 0 Å². The lowest BCUT2D eigenvalue weighted by Gasteiger charge is -2.07. The first-order valence-electron chi connectivity index (χ1n) is 4.55. The zero-order valence-corrected chi connectivity index (χ0v) is 7.87. The molecule has 0 unspecified atom stereocenters. The Balaban J connectivity index is 2.06. The van der Waals surface area contributed by atoms with E-state index in [1.807, 2.05) is 0 Å². The molecule has 0 aromatic carbocycles. The van der Waals surface area contributed by atoms with Crippen molar-refractivity contribution in [1.82, 2.24) is 0 Å². The van der Waals surface area contributed by atoms with Crippen molar-refractivity contribution >= 4 is 11.6 Å². The van der Waals surface area contributed by atoms with Gasteiger partial charge in [0.1, 0.15) is 0 Å². The summed E-state index contributed by atoms with van der Waals surface area (Å²) in [5, 5.41) is 0. The van der Waals surface area contributed by atoms with Crippen molar-refractivity contribution in [2.45, 2.75) is 38.5 Å². The fourth-order valence-electron chi connectivity index (χ4n) is 1.77. The Kier molecular flexibility index (Phi) is 3.99. The standard InChI is InChI=1S/C10H17Cl/c1-9(8-11)6-7-10-4-2-3-5-10/h10H,1-8H2. The molecule has 0 bridgehead atoms. The molecule has 1 rings (SSSR count). The average molecular weight is 173 g/mol. The van der Waals surface area contributed by atoms with E-state index in [-0.39, 0.29) is 0 Å². The molecule has 1 aliphatic rings. The second-order valence-electron chi connectivity index (χ2n) is 3.57. The van der Waals surface area contributed by atoms with Gasteiger partial charge in [-0.2, -0.15) is 0 Å². The predicted molar refractivity (Wildman–Crippen MR) is 51.1 cm³/mol. The van der Waals surface area contributed by atoms with Crippen molar-refractivity contribution in [2.24, 2.45) is 5.92 Å².